The average Bonchev–Trinajstić information content (AvgIpc) is 3.11. The Labute approximate surface area is 133 Å². The lowest BCUT2D eigenvalue weighted by Gasteiger charge is -2.24. The quantitative estimate of drug-likeness (QED) is 0.934. The summed E-state index contributed by atoms with van der Waals surface area (Å²) in [5, 5.41) is 7.68. The molecule has 1 aliphatic heterocycles. The van der Waals surface area contributed by atoms with E-state index in [1.54, 1.807) is 11.3 Å². The van der Waals surface area contributed by atoms with Crippen LogP contribution in [0, 0.1) is 0 Å². The van der Waals surface area contributed by atoms with Gasteiger partial charge in [-0.25, -0.2) is 4.98 Å². The fraction of sp³-hybridized carbons (Fsp3) is 0.375. The predicted molar refractivity (Wildman–Crippen MR) is 92.1 cm³/mol. The second kappa shape index (κ2) is 6.20. The summed E-state index contributed by atoms with van der Waals surface area (Å²) < 4.78 is 0. The first-order valence-electron chi connectivity index (χ1n) is 7.06. The number of benzene rings is 1. The van der Waals surface area contributed by atoms with Gasteiger partial charge in [0.25, 0.3) is 0 Å². The highest BCUT2D eigenvalue weighted by atomic mass is 32.2. The molecule has 110 valence electrons. The molecule has 3 nitrogen and oxygen atoms in total. The van der Waals surface area contributed by atoms with E-state index in [2.05, 4.69) is 54.5 Å². The molecule has 1 aromatic heterocycles. The molecule has 2 heterocycles. The van der Waals surface area contributed by atoms with Crippen molar-refractivity contribution in [1.29, 1.82) is 0 Å². The zero-order chi connectivity index (χ0) is 14.7. The number of aromatic nitrogens is 1. The lowest BCUT2D eigenvalue weighted by Crippen LogP contribution is -2.39. The fourth-order valence-electron chi connectivity index (χ4n) is 2.33. The van der Waals surface area contributed by atoms with Crippen molar-refractivity contribution in [3.63, 3.8) is 0 Å². The summed E-state index contributed by atoms with van der Waals surface area (Å²) in [5.74, 6) is 1.05. The van der Waals surface area contributed by atoms with E-state index in [9.17, 15) is 0 Å². The van der Waals surface area contributed by atoms with E-state index in [1.807, 2.05) is 23.3 Å². The summed E-state index contributed by atoms with van der Waals surface area (Å²) in [6, 6.07) is 10.9. The molecule has 0 spiro atoms. The van der Waals surface area contributed by atoms with Crippen LogP contribution in [0.1, 0.15) is 24.4 Å². The zero-order valence-corrected chi connectivity index (χ0v) is 13.9. The predicted octanol–water partition coefficient (Wildman–Crippen LogP) is 3.68. The third-order valence-electron chi connectivity index (χ3n) is 3.41. The van der Waals surface area contributed by atoms with Crippen molar-refractivity contribution in [2.45, 2.75) is 31.8 Å². The molecular formula is C16H19N3S2. The van der Waals surface area contributed by atoms with Crippen molar-refractivity contribution in [2.75, 3.05) is 5.75 Å². The van der Waals surface area contributed by atoms with Crippen LogP contribution in [0.15, 0.2) is 46.9 Å². The smallest absolute Gasteiger partial charge is 0.157 e. The Morgan fingerprint density at radius 1 is 1.29 bits per heavy atom. The van der Waals surface area contributed by atoms with Crippen molar-refractivity contribution in [3.05, 3.63) is 52.5 Å². The Kier molecular flexibility index (Phi) is 4.31. The highest BCUT2D eigenvalue weighted by molar-refractivity contribution is 8.14. The molecule has 1 unspecified atom stereocenters. The van der Waals surface area contributed by atoms with Crippen LogP contribution in [0.25, 0.3) is 0 Å². The molecule has 2 aromatic rings. The minimum atomic E-state index is -0.165. The van der Waals surface area contributed by atoms with E-state index in [0.29, 0.717) is 6.04 Å². The zero-order valence-electron chi connectivity index (χ0n) is 12.2. The first-order chi connectivity index (χ1) is 10.1. The Balaban J connectivity index is 1.64. The maximum absolute atomic E-state index is 4.82. The van der Waals surface area contributed by atoms with Gasteiger partial charge in [0.05, 0.1) is 11.6 Å². The van der Waals surface area contributed by atoms with Crippen LogP contribution in [0.2, 0.25) is 0 Å². The van der Waals surface area contributed by atoms with Crippen molar-refractivity contribution >= 4 is 28.3 Å². The highest BCUT2D eigenvalue weighted by Gasteiger charge is 2.27. The van der Waals surface area contributed by atoms with Gasteiger partial charge in [-0.15, -0.1) is 11.3 Å². The van der Waals surface area contributed by atoms with Crippen molar-refractivity contribution in [2.24, 2.45) is 4.99 Å². The van der Waals surface area contributed by atoms with Gasteiger partial charge in [0, 0.05) is 17.3 Å². The van der Waals surface area contributed by atoms with Crippen molar-refractivity contribution in [1.82, 2.24) is 10.3 Å². The number of thioether (sulfide) groups is 1. The molecule has 1 N–H and O–H groups in total. The minimum Gasteiger partial charge on any atom is -0.354 e. The Morgan fingerprint density at radius 3 is 2.81 bits per heavy atom. The molecule has 0 bridgehead atoms. The molecule has 3 rings (SSSR count). The number of thiazole rings is 1. The Morgan fingerprint density at radius 2 is 2.10 bits per heavy atom. The summed E-state index contributed by atoms with van der Waals surface area (Å²) in [7, 11) is 0. The molecule has 1 atom stereocenters. The standard InChI is InChI=1S/C16H19N3S2/c1-16(2,14-17-8-9-20-14)19-15-18-13(11-21-15)10-12-6-4-3-5-7-12/h3-9,13H,10-11H2,1-2H3,(H,18,19). The SMILES string of the molecule is CC(C)(NC1=NC(Cc2ccccc2)CS1)c1nccs1. The summed E-state index contributed by atoms with van der Waals surface area (Å²) in [5.41, 5.74) is 1.19. The van der Waals surface area contributed by atoms with Crippen LogP contribution < -0.4 is 5.32 Å². The molecule has 0 saturated carbocycles. The molecule has 0 radical (unpaired) electrons. The summed E-state index contributed by atoms with van der Waals surface area (Å²) in [4.78, 5) is 9.23. The highest BCUT2D eigenvalue weighted by Crippen LogP contribution is 2.26. The molecule has 0 saturated heterocycles. The number of hydrogen-bond donors (Lipinski definition) is 1. The van der Waals surface area contributed by atoms with Crippen molar-refractivity contribution < 1.29 is 0 Å². The monoisotopic (exact) mass is 317 g/mol. The fourth-order valence-corrected chi connectivity index (χ4v) is 4.14. The van der Waals surface area contributed by atoms with Crippen LogP contribution in [0.5, 0.6) is 0 Å². The number of rotatable bonds is 4. The molecule has 1 aromatic carbocycles. The van der Waals surface area contributed by atoms with Crippen molar-refractivity contribution in [3.8, 4) is 0 Å². The number of nitrogens with one attached hydrogen (secondary N) is 1. The van der Waals surface area contributed by atoms with Crippen LogP contribution in [-0.4, -0.2) is 21.9 Å². The maximum Gasteiger partial charge on any atom is 0.157 e. The van der Waals surface area contributed by atoms with E-state index in [4.69, 9.17) is 4.99 Å². The second-order valence-electron chi connectivity index (χ2n) is 5.68. The molecule has 0 amide bonds. The Hall–Kier alpha value is -1.33. The number of amidine groups is 1. The molecule has 0 aliphatic carbocycles. The van der Waals surface area contributed by atoms with Gasteiger partial charge >= 0.3 is 0 Å². The Bertz CT molecular complexity index is 606. The van der Waals surface area contributed by atoms with Crippen LogP contribution >= 0.6 is 23.1 Å². The molecule has 0 fully saturated rings. The van der Waals surface area contributed by atoms with E-state index >= 15 is 0 Å². The largest absolute Gasteiger partial charge is 0.354 e. The van der Waals surface area contributed by atoms with Gasteiger partial charge in [0.2, 0.25) is 0 Å². The van der Waals surface area contributed by atoms with E-state index in [-0.39, 0.29) is 5.54 Å². The molecule has 1 aliphatic rings. The number of aliphatic imine (C=N–C) groups is 1. The normalized spacial score (nSPS) is 18.6. The van der Waals surface area contributed by atoms with Gasteiger partial charge in [-0.2, -0.15) is 0 Å². The first kappa shape index (κ1) is 14.6. The van der Waals surface area contributed by atoms with Gasteiger partial charge in [-0.05, 0) is 25.8 Å². The van der Waals surface area contributed by atoms with E-state index < -0.39 is 0 Å². The first-order valence-corrected chi connectivity index (χ1v) is 8.93. The van der Waals surface area contributed by atoms with Crippen LogP contribution in [0.4, 0.5) is 0 Å². The number of nitrogens with zero attached hydrogens (tertiary/aromatic N) is 2. The summed E-state index contributed by atoms with van der Waals surface area (Å²) in [6.45, 7) is 4.30. The van der Waals surface area contributed by atoms with Gasteiger partial charge in [-0.1, -0.05) is 42.1 Å². The van der Waals surface area contributed by atoms with Gasteiger partial charge < -0.3 is 5.32 Å². The maximum atomic E-state index is 4.82. The third kappa shape index (κ3) is 3.66. The average molecular weight is 317 g/mol. The minimum absolute atomic E-state index is 0.165. The van der Waals surface area contributed by atoms with Gasteiger partial charge in [0.1, 0.15) is 5.01 Å². The van der Waals surface area contributed by atoms with Crippen LogP contribution in [0.3, 0.4) is 0 Å². The van der Waals surface area contributed by atoms with Gasteiger partial charge in [0.15, 0.2) is 5.17 Å². The topological polar surface area (TPSA) is 37.3 Å². The summed E-state index contributed by atoms with van der Waals surface area (Å²) >= 11 is 3.49. The lowest BCUT2D eigenvalue weighted by atomic mass is 10.1. The van der Waals surface area contributed by atoms with E-state index in [0.717, 1.165) is 22.3 Å². The molecule has 21 heavy (non-hydrogen) atoms. The number of hydrogen-bond acceptors (Lipinski definition) is 5. The molecule has 5 heteroatoms. The summed E-state index contributed by atoms with van der Waals surface area (Å²) in [6.07, 6.45) is 2.86. The molecular weight excluding hydrogens is 298 g/mol. The second-order valence-corrected chi connectivity index (χ2v) is 7.58. The lowest BCUT2D eigenvalue weighted by molar-refractivity contribution is 0.486. The van der Waals surface area contributed by atoms with Crippen LogP contribution in [-0.2, 0) is 12.0 Å². The third-order valence-corrected chi connectivity index (χ3v) is 5.54. The van der Waals surface area contributed by atoms with E-state index in [1.165, 1.54) is 5.56 Å². The van der Waals surface area contributed by atoms with Gasteiger partial charge in [-0.3, -0.25) is 4.99 Å².